The molecule has 8 heteroatoms. The van der Waals surface area contributed by atoms with Crippen LogP contribution in [0.1, 0.15) is 0 Å². The summed E-state index contributed by atoms with van der Waals surface area (Å²) in [6.07, 6.45) is 0. The summed E-state index contributed by atoms with van der Waals surface area (Å²) in [6.45, 7) is 2.05. The standard InChI is InChI=1S/CH12O3Si5/c1-7-4-5-6-8(2)9(7)3/h2-3,7-9H,5-6H2,1H3. The minimum absolute atomic E-state index is 0.189. The zero-order valence-corrected chi connectivity index (χ0v) is 11.7. The first-order valence-electron chi connectivity index (χ1n) is 3.19. The maximum Gasteiger partial charge on any atom is 0.199 e. The van der Waals surface area contributed by atoms with E-state index in [2.05, 4.69) is 0 Å². The van der Waals surface area contributed by atoms with Gasteiger partial charge in [0.1, 0.15) is 9.28 Å². The molecule has 1 aliphatic rings. The van der Waals surface area contributed by atoms with Gasteiger partial charge in [-0.25, -0.2) is 0 Å². The van der Waals surface area contributed by atoms with Crippen molar-refractivity contribution in [3.05, 3.63) is 0 Å². The molecule has 1 fully saturated rings. The molecule has 0 saturated carbocycles. The topological polar surface area (TPSA) is 49.7 Å². The Labute approximate surface area is 63.2 Å². The van der Waals surface area contributed by atoms with Crippen LogP contribution in [0.15, 0.2) is 0 Å². The van der Waals surface area contributed by atoms with Gasteiger partial charge in [0.25, 0.3) is 0 Å². The summed E-state index contributed by atoms with van der Waals surface area (Å²) >= 11 is 0. The second-order valence-corrected chi connectivity index (χ2v) is 33.3. The van der Waals surface area contributed by atoms with Gasteiger partial charge in [0.05, 0.1) is 8.55 Å². The van der Waals surface area contributed by atoms with Crippen molar-refractivity contribution < 1.29 is 13.7 Å². The Kier molecular flexibility index (Phi) is 3.03. The Balaban J connectivity index is 2.41. The van der Waals surface area contributed by atoms with Crippen LogP contribution in [0.25, 0.3) is 0 Å². The van der Waals surface area contributed by atoms with Gasteiger partial charge in [0, 0.05) is 0 Å². The fourth-order valence-electron chi connectivity index (χ4n) is 0.957. The van der Waals surface area contributed by atoms with Crippen LogP contribution < -0.4 is 0 Å². The van der Waals surface area contributed by atoms with Gasteiger partial charge < -0.3 is 13.7 Å². The summed E-state index contributed by atoms with van der Waals surface area (Å²) < 4.78 is 5.49. The summed E-state index contributed by atoms with van der Waals surface area (Å²) in [5, 5.41) is 0. The lowest BCUT2D eigenvalue weighted by atomic mass is 11.9. The van der Waals surface area contributed by atoms with Crippen molar-refractivity contribution in [2.75, 3.05) is 0 Å². The molecule has 0 spiro atoms. The monoisotopic (exact) mass is 212 g/mol. The van der Waals surface area contributed by atoms with Crippen LogP contribution in [-0.4, -0.2) is 52.1 Å². The Bertz CT molecular complexity index is 88.2. The lowest BCUT2D eigenvalue weighted by molar-refractivity contribution is 0.554. The number of hydrogen-bond donors (Lipinski definition) is 2. The lowest BCUT2D eigenvalue weighted by Gasteiger charge is -2.25. The van der Waals surface area contributed by atoms with E-state index in [1.54, 1.807) is 0 Å². The first-order valence-corrected chi connectivity index (χ1v) is 19.0. The molecule has 3 nitrogen and oxygen atoms in total. The molecule has 0 radical (unpaired) electrons. The predicted octanol–water partition coefficient (Wildman–Crippen LogP) is -4.38. The lowest BCUT2D eigenvalue weighted by Crippen LogP contribution is -2.59. The Morgan fingerprint density at radius 2 is 2.11 bits per heavy atom. The third kappa shape index (κ3) is 1.94. The molecule has 0 bridgehead atoms. The molecular weight excluding hydrogens is 200 g/mol. The molecule has 0 aromatic heterocycles. The van der Waals surface area contributed by atoms with Gasteiger partial charge in [-0.05, 0) is 0 Å². The third-order valence-electron chi connectivity index (χ3n) is 1.67. The van der Waals surface area contributed by atoms with Crippen LogP contribution in [-0.2, 0) is 4.12 Å². The van der Waals surface area contributed by atoms with E-state index in [4.69, 9.17) is 4.12 Å². The quantitative estimate of drug-likeness (QED) is 0.399. The Morgan fingerprint density at radius 3 is 2.56 bits per heavy atom. The molecule has 1 heterocycles. The third-order valence-corrected chi connectivity index (χ3v) is 53.4. The Morgan fingerprint density at radius 1 is 1.44 bits per heavy atom. The fraction of sp³-hybridized carbons (Fsp3) is 1.00. The minimum Gasteiger partial charge on any atom is -0.466 e. The van der Waals surface area contributed by atoms with Crippen LogP contribution in [0, 0.1) is 0 Å². The summed E-state index contributed by atoms with van der Waals surface area (Å²) in [7, 11) is -4.55. The molecular formula is CH12O3Si5. The summed E-state index contributed by atoms with van der Waals surface area (Å²) in [5.41, 5.74) is 0. The van der Waals surface area contributed by atoms with Gasteiger partial charge in [0.2, 0.25) is 0 Å². The molecule has 1 aliphatic heterocycles. The van der Waals surface area contributed by atoms with E-state index < -0.39 is 24.7 Å². The van der Waals surface area contributed by atoms with Gasteiger partial charge in [-0.1, -0.05) is 6.55 Å². The first-order chi connectivity index (χ1) is 4.22. The summed E-state index contributed by atoms with van der Waals surface area (Å²) in [6, 6.07) is 0. The summed E-state index contributed by atoms with van der Waals surface area (Å²) in [4.78, 5) is 18.7. The van der Waals surface area contributed by atoms with E-state index in [1.807, 2.05) is 6.55 Å². The predicted molar refractivity (Wildman–Crippen MR) is 49.9 cm³/mol. The van der Waals surface area contributed by atoms with E-state index in [0.29, 0.717) is 0 Å². The largest absolute Gasteiger partial charge is 0.466 e. The molecule has 0 aromatic rings. The zero-order valence-electron chi connectivity index (χ0n) is 5.45. The highest BCUT2D eigenvalue weighted by Crippen LogP contribution is 1.96. The zero-order chi connectivity index (χ0) is 6.85. The van der Waals surface area contributed by atoms with E-state index in [1.165, 1.54) is 0 Å². The van der Waals surface area contributed by atoms with Crippen LogP contribution >= 0.6 is 0 Å². The highest BCUT2D eigenvalue weighted by molar-refractivity contribution is 7.65. The van der Waals surface area contributed by atoms with Crippen molar-refractivity contribution in [2.45, 2.75) is 6.55 Å². The normalized spacial score (nSPS) is 50.3. The van der Waals surface area contributed by atoms with Crippen LogP contribution in [0.4, 0.5) is 0 Å². The number of rotatable bonds is 0. The average molecular weight is 213 g/mol. The van der Waals surface area contributed by atoms with Gasteiger partial charge >= 0.3 is 0 Å². The molecule has 3 atom stereocenters. The van der Waals surface area contributed by atoms with Crippen LogP contribution in [0.3, 0.4) is 0 Å². The molecule has 0 aliphatic carbocycles. The molecule has 9 heavy (non-hydrogen) atoms. The van der Waals surface area contributed by atoms with Gasteiger partial charge in [-0.3, -0.25) is 0 Å². The molecule has 54 valence electrons. The minimum atomic E-state index is -1.58. The van der Waals surface area contributed by atoms with Gasteiger partial charge in [0.15, 0.2) is 24.7 Å². The highest BCUT2D eigenvalue weighted by Gasteiger charge is 2.33. The van der Waals surface area contributed by atoms with Gasteiger partial charge in [-0.2, -0.15) is 0 Å². The molecule has 1 rings (SSSR count). The van der Waals surface area contributed by atoms with Crippen molar-refractivity contribution in [1.29, 1.82) is 0 Å². The van der Waals surface area contributed by atoms with Crippen molar-refractivity contribution >= 4 is 42.5 Å². The van der Waals surface area contributed by atoms with Crippen LogP contribution in [0.5, 0.6) is 0 Å². The molecule has 2 N–H and O–H groups in total. The van der Waals surface area contributed by atoms with Crippen molar-refractivity contribution in [1.82, 2.24) is 0 Å². The van der Waals surface area contributed by atoms with E-state index in [0.717, 1.165) is 0 Å². The van der Waals surface area contributed by atoms with Crippen molar-refractivity contribution in [3.8, 4) is 0 Å². The second-order valence-electron chi connectivity index (χ2n) is 2.42. The number of hydrogen-bond acceptors (Lipinski definition) is 3. The van der Waals surface area contributed by atoms with Crippen molar-refractivity contribution in [2.24, 2.45) is 0 Å². The van der Waals surface area contributed by atoms with Crippen LogP contribution in [0.2, 0.25) is 6.55 Å². The van der Waals surface area contributed by atoms with E-state index in [-0.39, 0.29) is 17.8 Å². The van der Waals surface area contributed by atoms with E-state index in [9.17, 15) is 9.59 Å². The molecule has 1 saturated heterocycles. The highest BCUT2D eigenvalue weighted by atomic mass is 29.9. The fourth-order valence-corrected chi connectivity index (χ4v) is 75.0. The first kappa shape index (κ1) is 8.06. The second kappa shape index (κ2) is 3.38. The van der Waals surface area contributed by atoms with Crippen molar-refractivity contribution in [3.63, 3.8) is 0 Å². The summed E-state index contributed by atoms with van der Waals surface area (Å²) in [5.74, 6) is 0. The Hall–Kier alpha value is 0.964. The molecule has 0 amide bonds. The molecule has 0 aromatic carbocycles. The smallest absolute Gasteiger partial charge is 0.199 e. The maximum atomic E-state index is 9.39. The molecule has 3 unspecified atom stereocenters. The SMILES string of the molecule is C[SiH]1O[SiH2][SiH2][SiH](O)[SiH]1O. The van der Waals surface area contributed by atoms with Gasteiger partial charge in [-0.15, -0.1) is 0 Å². The maximum absolute atomic E-state index is 9.39. The van der Waals surface area contributed by atoms with E-state index >= 15 is 0 Å². The average Bonchev–Trinajstić information content (AvgIpc) is 1.83.